The molecule has 8 nitrogen and oxygen atoms in total. The Morgan fingerprint density at radius 1 is 0.941 bits per heavy atom. The molecule has 0 aromatic heterocycles. The molecule has 0 fully saturated rings. The van der Waals surface area contributed by atoms with Crippen molar-refractivity contribution in [3.8, 4) is 6.07 Å². The van der Waals surface area contributed by atoms with E-state index in [2.05, 4.69) is 16.0 Å². The second kappa shape index (κ2) is 10.6. The molecule has 34 heavy (non-hydrogen) atoms. The van der Waals surface area contributed by atoms with Crippen LogP contribution >= 0.6 is 0 Å². The minimum Gasteiger partial charge on any atom is -0.478 e. The normalized spacial score (nSPS) is 10.7. The molecule has 3 aromatic rings. The predicted octanol–water partition coefficient (Wildman–Crippen LogP) is 4.53. The van der Waals surface area contributed by atoms with Crippen molar-refractivity contribution < 1.29 is 19.5 Å². The number of benzene rings is 3. The number of hydrogen-bond donors (Lipinski definition) is 4. The van der Waals surface area contributed by atoms with Gasteiger partial charge >= 0.3 is 5.97 Å². The van der Waals surface area contributed by atoms with Gasteiger partial charge in [-0.1, -0.05) is 29.8 Å². The number of nitriles is 1. The van der Waals surface area contributed by atoms with E-state index in [1.807, 2.05) is 25.1 Å². The van der Waals surface area contributed by atoms with Crippen LogP contribution in [0.3, 0.4) is 0 Å². The Kier molecular flexibility index (Phi) is 7.41. The standard InChI is InChI=1S/C26H22N4O4/c1-16-6-8-18(9-7-16)24(31)29-21-5-3-4-17(13-21)12-19(15-27)25(32)30-23-11-10-20(28-2)14-22(23)26(33)34/h3-14,28H,1-2H3,(H,29,31)(H,30,32)(H,33,34)/b19-12+. The Morgan fingerprint density at radius 3 is 2.32 bits per heavy atom. The molecule has 0 radical (unpaired) electrons. The van der Waals surface area contributed by atoms with Gasteiger partial charge in [-0.2, -0.15) is 5.26 Å². The van der Waals surface area contributed by atoms with Crippen molar-refractivity contribution in [3.63, 3.8) is 0 Å². The van der Waals surface area contributed by atoms with E-state index in [1.165, 1.54) is 18.2 Å². The summed E-state index contributed by atoms with van der Waals surface area (Å²) in [5.41, 5.74) is 2.84. The zero-order valence-corrected chi connectivity index (χ0v) is 18.5. The third kappa shape index (κ3) is 5.87. The van der Waals surface area contributed by atoms with Crippen molar-refractivity contribution in [2.75, 3.05) is 23.0 Å². The van der Waals surface area contributed by atoms with Crippen molar-refractivity contribution in [1.82, 2.24) is 0 Å². The zero-order chi connectivity index (χ0) is 24.7. The molecule has 0 aliphatic heterocycles. The van der Waals surface area contributed by atoms with Gasteiger partial charge in [0.05, 0.1) is 11.3 Å². The number of aromatic carboxylic acids is 1. The van der Waals surface area contributed by atoms with Gasteiger partial charge < -0.3 is 21.1 Å². The van der Waals surface area contributed by atoms with Crippen LogP contribution in [0.2, 0.25) is 0 Å². The maximum absolute atomic E-state index is 12.7. The van der Waals surface area contributed by atoms with Gasteiger partial charge in [0.1, 0.15) is 11.6 Å². The second-order valence-corrected chi connectivity index (χ2v) is 7.39. The lowest BCUT2D eigenvalue weighted by Crippen LogP contribution is -2.16. The number of nitrogens with one attached hydrogen (secondary N) is 3. The average molecular weight is 454 g/mol. The number of rotatable bonds is 7. The Hall–Kier alpha value is -4.90. The molecule has 0 heterocycles. The molecule has 0 saturated carbocycles. The van der Waals surface area contributed by atoms with E-state index in [4.69, 9.17) is 0 Å². The van der Waals surface area contributed by atoms with Gasteiger partial charge in [0.25, 0.3) is 11.8 Å². The fourth-order valence-electron chi connectivity index (χ4n) is 3.11. The summed E-state index contributed by atoms with van der Waals surface area (Å²) in [5.74, 6) is -2.26. The maximum atomic E-state index is 12.7. The van der Waals surface area contributed by atoms with E-state index in [0.29, 0.717) is 22.5 Å². The van der Waals surface area contributed by atoms with Crippen molar-refractivity contribution in [2.45, 2.75) is 6.92 Å². The van der Waals surface area contributed by atoms with Crippen molar-refractivity contribution in [2.24, 2.45) is 0 Å². The summed E-state index contributed by atoms with van der Waals surface area (Å²) in [6.07, 6.45) is 1.36. The van der Waals surface area contributed by atoms with Crippen LogP contribution in [0.1, 0.15) is 31.8 Å². The van der Waals surface area contributed by atoms with E-state index in [0.717, 1.165) is 5.56 Å². The predicted molar refractivity (Wildman–Crippen MR) is 131 cm³/mol. The largest absolute Gasteiger partial charge is 0.478 e. The Labute approximate surface area is 196 Å². The molecule has 8 heteroatoms. The number of carboxylic acids is 1. The number of hydrogen-bond acceptors (Lipinski definition) is 5. The summed E-state index contributed by atoms with van der Waals surface area (Å²) in [6, 6.07) is 20.1. The van der Waals surface area contributed by atoms with Crippen molar-refractivity contribution in [1.29, 1.82) is 5.26 Å². The van der Waals surface area contributed by atoms with Gasteiger partial charge in [0.2, 0.25) is 0 Å². The van der Waals surface area contributed by atoms with Crippen LogP contribution < -0.4 is 16.0 Å². The van der Waals surface area contributed by atoms with Crippen LogP contribution in [-0.4, -0.2) is 29.9 Å². The number of carbonyl (C=O) groups is 3. The fourth-order valence-corrected chi connectivity index (χ4v) is 3.11. The fraction of sp³-hybridized carbons (Fsp3) is 0.0769. The Morgan fingerprint density at radius 2 is 1.68 bits per heavy atom. The van der Waals surface area contributed by atoms with Gasteiger partial charge in [0, 0.05) is 24.0 Å². The highest BCUT2D eigenvalue weighted by Gasteiger charge is 2.16. The summed E-state index contributed by atoms with van der Waals surface area (Å²) in [7, 11) is 1.65. The van der Waals surface area contributed by atoms with Crippen LogP contribution in [0.4, 0.5) is 17.1 Å². The molecule has 0 aliphatic rings. The van der Waals surface area contributed by atoms with Crippen LogP contribution in [0.15, 0.2) is 72.3 Å². The lowest BCUT2D eigenvalue weighted by atomic mass is 10.1. The van der Waals surface area contributed by atoms with Gasteiger partial charge in [-0.25, -0.2) is 4.79 Å². The van der Waals surface area contributed by atoms with Gasteiger partial charge in [0.15, 0.2) is 0 Å². The second-order valence-electron chi connectivity index (χ2n) is 7.39. The Bertz CT molecular complexity index is 1320. The highest BCUT2D eigenvalue weighted by Crippen LogP contribution is 2.22. The van der Waals surface area contributed by atoms with Crippen LogP contribution in [0.5, 0.6) is 0 Å². The zero-order valence-electron chi connectivity index (χ0n) is 18.5. The molecular weight excluding hydrogens is 432 g/mol. The van der Waals surface area contributed by atoms with Crippen molar-refractivity contribution >= 4 is 40.9 Å². The summed E-state index contributed by atoms with van der Waals surface area (Å²) >= 11 is 0. The van der Waals surface area contributed by atoms with Gasteiger partial charge in [-0.15, -0.1) is 0 Å². The van der Waals surface area contributed by atoms with Gasteiger partial charge in [-0.05, 0) is 61.0 Å². The molecule has 3 rings (SSSR count). The molecule has 2 amide bonds. The molecule has 0 unspecified atom stereocenters. The first-order valence-corrected chi connectivity index (χ1v) is 10.3. The van der Waals surface area contributed by atoms with E-state index in [9.17, 15) is 24.8 Å². The maximum Gasteiger partial charge on any atom is 0.337 e. The summed E-state index contributed by atoms with van der Waals surface area (Å²) in [5, 5.41) is 27.0. The molecule has 0 atom stereocenters. The number of anilines is 3. The third-order valence-electron chi connectivity index (χ3n) is 4.92. The highest BCUT2D eigenvalue weighted by atomic mass is 16.4. The first kappa shape index (κ1) is 23.8. The number of carboxylic acid groups (broad SMARTS) is 1. The van der Waals surface area contributed by atoms with Gasteiger partial charge in [-0.3, -0.25) is 9.59 Å². The minimum atomic E-state index is -1.22. The van der Waals surface area contributed by atoms with Crippen LogP contribution in [0, 0.1) is 18.3 Å². The summed E-state index contributed by atoms with van der Waals surface area (Å²) in [4.78, 5) is 36.7. The first-order valence-electron chi connectivity index (χ1n) is 10.3. The van der Waals surface area contributed by atoms with E-state index < -0.39 is 11.9 Å². The molecule has 3 aromatic carbocycles. The summed E-state index contributed by atoms with van der Waals surface area (Å²) < 4.78 is 0. The molecule has 0 aliphatic carbocycles. The van der Waals surface area contributed by atoms with Crippen LogP contribution in [0.25, 0.3) is 6.08 Å². The highest BCUT2D eigenvalue weighted by molar-refractivity contribution is 6.12. The van der Waals surface area contributed by atoms with Crippen LogP contribution in [-0.2, 0) is 4.79 Å². The first-order chi connectivity index (χ1) is 16.3. The van der Waals surface area contributed by atoms with Crippen molar-refractivity contribution in [3.05, 3.63) is 94.6 Å². The monoisotopic (exact) mass is 454 g/mol. The lowest BCUT2D eigenvalue weighted by Gasteiger charge is -2.10. The number of amides is 2. The molecule has 0 spiro atoms. The average Bonchev–Trinajstić information content (AvgIpc) is 2.83. The van der Waals surface area contributed by atoms with E-state index >= 15 is 0 Å². The molecule has 170 valence electrons. The molecular formula is C26H22N4O4. The quantitative estimate of drug-likeness (QED) is 0.306. The molecule has 0 bridgehead atoms. The third-order valence-corrected chi connectivity index (χ3v) is 4.92. The lowest BCUT2D eigenvalue weighted by molar-refractivity contribution is -0.112. The number of nitrogens with zero attached hydrogens (tertiary/aromatic N) is 1. The minimum absolute atomic E-state index is 0.0664. The Balaban J connectivity index is 1.80. The molecule has 4 N–H and O–H groups in total. The number of aryl methyl sites for hydroxylation is 1. The molecule has 0 saturated heterocycles. The SMILES string of the molecule is CNc1ccc(NC(=O)/C(C#N)=C/c2cccc(NC(=O)c3ccc(C)cc3)c2)c(C(=O)O)c1. The smallest absolute Gasteiger partial charge is 0.337 e. The number of carbonyl (C=O) groups excluding carboxylic acids is 2. The topological polar surface area (TPSA) is 131 Å². The summed E-state index contributed by atoms with van der Waals surface area (Å²) in [6.45, 7) is 1.93. The van der Waals surface area contributed by atoms with E-state index in [-0.39, 0.29) is 22.7 Å². The van der Waals surface area contributed by atoms with E-state index in [1.54, 1.807) is 49.5 Å².